The molecule has 0 bridgehead atoms. The van der Waals surface area contributed by atoms with Gasteiger partial charge < -0.3 is 19.2 Å². The van der Waals surface area contributed by atoms with E-state index in [4.69, 9.17) is 18.9 Å². The third-order valence-corrected chi connectivity index (χ3v) is 10.8. The van der Waals surface area contributed by atoms with E-state index in [-0.39, 0.29) is 25.8 Å². The minimum Gasteiger partial charge on any atom is -0.481 e. The molecule has 0 aliphatic heterocycles. The van der Waals surface area contributed by atoms with Crippen molar-refractivity contribution in [2.24, 2.45) is 0 Å². The van der Waals surface area contributed by atoms with E-state index in [1.807, 2.05) is 21.1 Å². The molecule has 0 aromatic carbocycles. The smallest absolute Gasteiger partial charge is 0.472 e. The molecule has 0 saturated carbocycles. The van der Waals surface area contributed by atoms with Crippen LogP contribution < -0.4 is 0 Å². The van der Waals surface area contributed by atoms with Crippen LogP contribution in [0.2, 0.25) is 0 Å². The summed E-state index contributed by atoms with van der Waals surface area (Å²) in [5.74, 6) is -0.860. The lowest BCUT2D eigenvalue weighted by Gasteiger charge is -2.24. The van der Waals surface area contributed by atoms with Crippen LogP contribution in [0.5, 0.6) is 0 Å². The van der Waals surface area contributed by atoms with Gasteiger partial charge in [-0.3, -0.25) is 18.6 Å². The number of phosphoric ester groups is 1. The zero-order chi connectivity index (χ0) is 40.4. The van der Waals surface area contributed by atoms with Crippen LogP contribution in [0.15, 0.2) is 0 Å². The Bertz CT molecular complexity index is 851. The van der Waals surface area contributed by atoms with Crippen LogP contribution in [0.25, 0.3) is 0 Å². The van der Waals surface area contributed by atoms with Gasteiger partial charge in [0.1, 0.15) is 13.2 Å². The first-order valence-electron chi connectivity index (χ1n) is 22.7. The van der Waals surface area contributed by atoms with Gasteiger partial charge in [-0.2, -0.15) is 0 Å². The van der Waals surface area contributed by atoms with E-state index >= 15 is 0 Å². The minimum atomic E-state index is -4.04. The number of phosphoric acid groups is 1. The zero-order valence-electron chi connectivity index (χ0n) is 36.4. The predicted octanol–water partition coefficient (Wildman–Crippen LogP) is 13.4. The molecule has 324 valence electrons. The Labute approximate surface area is 334 Å². The molecule has 0 spiro atoms. The fourth-order valence-electron chi connectivity index (χ4n) is 6.25. The number of hydrogen-bond donors (Lipinski definition) is 2. The van der Waals surface area contributed by atoms with E-state index in [1.165, 1.54) is 167 Å². The molecule has 0 fully saturated rings. The number of carboxylic acid groups (broad SMARTS) is 1. The number of hydrogen-bond acceptors (Lipinski definition) is 6. The summed E-state index contributed by atoms with van der Waals surface area (Å²) < 4.78 is 27.4. The van der Waals surface area contributed by atoms with Crippen molar-refractivity contribution in [1.82, 2.24) is 0 Å². The number of quaternary nitrogens is 1. The third-order valence-electron chi connectivity index (χ3n) is 9.80. The Balaban J connectivity index is 0. The number of carboxylic acids is 1. The summed E-state index contributed by atoms with van der Waals surface area (Å²) in [6.45, 7) is 5.49. The van der Waals surface area contributed by atoms with Gasteiger partial charge in [-0.05, 0) is 12.8 Å². The number of likely N-dealkylation sites (N-methyl/N-ethyl adjacent to an activating group) is 1. The second-order valence-corrected chi connectivity index (χ2v) is 18.0. The molecule has 1 unspecified atom stereocenters. The van der Waals surface area contributed by atoms with Crippen LogP contribution in [0.4, 0.5) is 0 Å². The van der Waals surface area contributed by atoms with Gasteiger partial charge in [0.05, 0.1) is 34.4 Å². The second kappa shape index (κ2) is 41.6. The lowest BCUT2D eigenvalue weighted by molar-refractivity contribution is -0.870. The number of nitrogens with zero attached hydrogens (tertiary/aromatic N) is 1. The number of carbonyl (C=O) groups excluding carboxylic acids is 1. The summed E-state index contributed by atoms with van der Waals surface area (Å²) in [5.41, 5.74) is 0. The highest BCUT2D eigenvalue weighted by molar-refractivity contribution is 7.47. The quantitative estimate of drug-likeness (QED) is 0.0272. The van der Waals surface area contributed by atoms with Crippen molar-refractivity contribution in [3.63, 3.8) is 0 Å². The van der Waals surface area contributed by atoms with Crippen molar-refractivity contribution in [2.75, 3.05) is 47.5 Å². The maximum Gasteiger partial charge on any atom is 0.472 e. The number of ether oxygens (including phenoxy) is 1. The molecule has 9 nitrogen and oxygen atoms in total. The van der Waals surface area contributed by atoms with Gasteiger partial charge in [-0.15, -0.1) is 0 Å². The summed E-state index contributed by atoms with van der Waals surface area (Å²) >= 11 is 0. The van der Waals surface area contributed by atoms with E-state index in [9.17, 15) is 19.0 Å². The normalized spacial score (nSPS) is 12.6. The molecular weight excluding hydrogens is 701 g/mol. The Kier molecular flexibility index (Phi) is 42.5. The standard InChI is InChI=1S/C26H54NO6P.C18H36O2/c1-5-6-7-8-9-10-11-12-13-14-15-16-17-18-19-21-26(28)31-23-20-24-32-34(29,30)33-25-22-27(2,3)4;1-2-3-4-5-6-7-8-9-10-11-12-13-14-15-16-17-18(19)20/h5-25H2,1-4H3;2-17H2,1H3,(H,19,20)/p+1. The van der Waals surface area contributed by atoms with Crippen molar-refractivity contribution in [3.05, 3.63) is 0 Å². The van der Waals surface area contributed by atoms with Crippen LogP contribution in [0, 0.1) is 0 Å². The Hall–Kier alpha value is -0.990. The van der Waals surface area contributed by atoms with Gasteiger partial charge in [0, 0.05) is 19.3 Å². The summed E-state index contributed by atoms with van der Waals surface area (Å²) in [4.78, 5) is 31.7. The van der Waals surface area contributed by atoms with Gasteiger partial charge in [-0.1, -0.05) is 194 Å². The Morgan fingerprint density at radius 2 is 0.778 bits per heavy atom. The van der Waals surface area contributed by atoms with Crippen LogP contribution in [0.1, 0.15) is 226 Å². The van der Waals surface area contributed by atoms with E-state index < -0.39 is 13.8 Å². The van der Waals surface area contributed by atoms with Gasteiger partial charge in [0.15, 0.2) is 0 Å². The molecule has 2 N–H and O–H groups in total. The van der Waals surface area contributed by atoms with Crippen LogP contribution >= 0.6 is 7.82 Å². The maximum absolute atomic E-state index is 11.8. The first-order valence-corrected chi connectivity index (χ1v) is 24.2. The minimum absolute atomic E-state index is 0.0182. The van der Waals surface area contributed by atoms with Gasteiger partial charge >= 0.3 is 19.8 Å². The molecular formula is C44H91NO8P+. The zero-order valence-corrected chi connectivity index (χ0v) is 37.3. The average molecular weight is 793 g/mol. The summed E-state index contributed by atoms with van der Waals surface area (Å²) in [5, 5.41) is 8.52. The lowest BCUT2D eigenvalue weighted by atomic mass is 10.0. The molecule has 0 amide bonds. The monoisotopic (exact) mass is 793 g/mol. The fraction of sp³-hybridized carbons (Fsp3) is 0.955. The van der Waals surface area contributed by atoms with Crippen molar-refractivity contribution < 1.29 is 42.4 Å². The SMILES string of the molecule is CCCCCCCCCCCCCCCCCC(=O)O.CCCCCCCCCCCCCCCCCC(=O)OCCCOP(=O)(O)OCC[N+](C)(C)C. The van der Waals surface area contributed by atoms with Crippen LogP contribution in [0.3, 0.4) is 0 Å². The molecule has 0 saturated heterocycles. The highest BCUT2D eigenvalue weighted by Gasteiger charge is 2.22. The first kappa shape index (κ1) is 55.1. The third kappa shape index (κ3) is 51.0. The molecule has 0 aromatic heterocycles. The molecule has 0 aromatic rings. The second-order valence-electron chi connectivity index (χ2n) is 16.5. The average Bonchev–Trinajstić information content (AvgIpc) is 3.11. The Morgan fingerprint density at radius 3 is 1.11 bits per heavy atom. The molecule has 0 radical (unpaired) electrons. The van der Waals surface area contributed by atoms with E-state index in [0.717, 1.165) is 25.7 Å². The highest BCUT2D eigenvalue weighted by atomic mass is 31.2. The number of unbranched alkanes of at least 4 members (excludes halogenated alkanes) is 28. The number of aliphatic carboxylic acids is 1. The van der Waals surface area contributed by atoms with Gasteiger partial charge in [0.25, 0.3) is 0 Å². The van der Waals surface area contributed by atoms with E-state index in [0.29, 0.717) is 30.3 Å². The molecule has 10 heteroatoms. The van der Waals surface area contributed by atoms with Crippen molar-refractivity contribution in [1.29, 1.82) is 0 Å². The predicted molar refractivity (Wildman–Crippen MR) is 227 cm³/mol. The molecule has 0 aliphatic carbocycles. The van der Waals surface area contributed by atoms with Crippen LogP contribution in [-0.2, 0) is 27.9 Å². The largest absolute Gasteiger partial charge is 0.481 e. The maximum atomic E-state index is 11.8. The topological polar surface area (TPSA) is 119 Å². The first-order chi connectivity index (χ1) is 25.9. The van der Waals surface area contributed by atoms with Gasteiger partial charge in [-0.25, -0.2) is 4.57 Å². The molecule has 0 aliphatic rings. The molecule has 1 atom stereocenters. The Morgan fingerprint density at radius 1 is 0.463 bits per heavy atom. The number of rotatable bonds is 41. The molecule has 54 heavy (non-hydrogen) atoms. The highest BCUT2D eigenvalue weighted by Crippen LogP contribution is 2.43. The van der Waals surface area contributed by atoms with Crippen molar-refractivity contribution >= 4 is 19.8 Å². The molecule has 0 heterocycles. The fourth-order valence-corrected chi connectivity index (χ4v) is 7.00. The van der Waals surface area contributed by atoms with Gasteiger partial charge in [0.2, 0.25) is 0 Å². The van der Waals surface area contributed by atoms with Crippen LogP contribution in [-0.4, -0.2) is 73.9 Å². The molecule has 0 rings (SSSR count). The van der Waals surface area contributed by atoms with E-state index in [2.05, 4.69) is 13.8 Å². The van der Waals surface area contributed by atoms with Crippen molar-refractivity contribution in [2.45, 2.75) is 226 Å². The summed E-state index contributed by atoms with van der Waals surface area (Å²) in [6, 6.07) is 0. The number of esters is 1. The number of carbonyl (C=O) groups is 2. The van der Waals surface area contributed by atoms with E-state index in [1.54, 1.807) is 0 Å². The van der Waals surface area contributed by atoms with Crippen molar-refractivity contribution in [3.8, 4) is 0 Å². The summed E-state index contributed by atoms with van der Waals surface area (Å²) in [6.07, 6.45) is 40.5. The lowest BCUT2D eigenvalue weighted by Crippen LogP contribution is -2.37. The summed E-state index contributed by atoms with van der Waals surface area (Å²) in [7, 11) is 1.88.